The summed E-state index contributed by atoms with van der Waals surface area (Å²) < 4.78 is 16.2. The first kappa shape index (κ1) is 15.5. The summed E-state index contributed by atoms with van der Waals surface area (Å²) in [4.78, 5) is 14.7. The van der Waals surface area contributed by atoms with Gasteiger partial charge in [-0.05, 0) is 30.3 Å². The van der Waals surface area contributed by atoms with Gasteiger partial charge in [-0.25, -0.2) is 0 Å². The molecule has 1 heterocycles. The van der Waals surface area contributed by atoms with E-state index in [9.17, 15) is 4.79 Å². The molecule has 5 nitrogen and oxygen atoms in total. The van der Waals surface area contributed by atoms with Crippen LogP contribution in [-0.4, -0.2) is 33.3 Å². The van der Waals surface area contributed by atoms with E-state index in [0.717, 1.165) is 0 Å². The third kappa shape index (κ3) is 2.80. The molecule has 0 saturated carbocycles. The molecule has 3 rings (SSSR count). The molecule has 6 heteroatoms. The van der Waals surface area contributed by atoms with Gasteiger partial charge in [0, 0.05) is 5.02 Å². The fourth-order valence-corrected chi connectivity index (χ4v) is 2.77. The Morgan fingerprint density at radius 3 is 2.52 bits per heavy atom. The summed E-state index contributed by atoms with van der Waals surface area (Å²) in [6.07, 6.45) is 0. The number of anilines is 1. The molecule has 2 aromatic rings. The van der Waals surface area contributed by atoms with Gasteiger partial charge in [-0.1, -0.05) is 17.7 Å². The van der Waals surface area contributed by atoms with Gasteiger partial charge in [0.1, 0.15) is 29.4 Å². The number of fused-ring (bicyclic) bond motifs is 1. The van der Waals surface area contributed by atoms with Crippen molar-refractivity contribution in [2.24, 2.45) is 0 Å². The average molecular weight is 334 g/mol. The first-order chi connectivity index (χ1) is 11.2. The molecule has 0 saturated heterocycles. The molecule has 0 unspecified atom stereocenters. The van der Waals surface area contributed by atoms with Gasteiger partial charge in [-0.3, -0.25) is 4.79 Å². The van der Waals surface area contributed by atoms with Crippen molar-refractivity contribution < 1.29 is 19.0 Å². The number of methoxy groups -OCH3 is 2. The summed E-state index contributed by atoms with van der Waals surface area (Å²) in [5, 5.41) is 0.541. The van der Waals surface area contributed by atoms with Gasteiger partial charge in [-0.2, -0.15) is 0 Å². The summed E-state index contributed by atoms with van der Waals surface area (Å²) in [6.45, 7) is 0.839. The highest BCUT2D eigenvalue weighted by Gasteiger charge is 2.29. The Labute approximate surface area is 139 Å². The minimum Gasteiger partial charge on any atom is -0.496 e. The number of benzene rings is 2. The van der Waals surface area contributed by atoms with Crippen LogP contribution in [0.15, 0.2) is 36.4 Å². The van der Waals surface area contributed by atoms with E-state index in [-0.39, 0.29) is 5.91 Å². The summed E-state index contributed by atoms with van der Waals surface area (Å²) in [7, 11) is 3.05. The van der Waals surface area contributed by atoms with Crippen molar-refractivity contribution >= 4 is 23.2 Å². The number of ether oxygens (including phenoxy) is 3. The normalized spacial score (nSPS) is 13.1. The lowest BCUT2D eigenvalue weighted by atomic mass is 10.1. The molecule has 0 aliphatic carbocycles. The van der Waals surface area contributed by atoms with Crippen molar-refractivity contribution in [3.8, 4) is 17.2 Å². The number of halogens is 1. The van der Waals surface area contributed by atoms with E-state index in [4.69, 9.17) is 25.8 Å². The molecule has 0 fully saturated rings. The largest absolute Gasteiger partial charge is 0.496 e. The van der Waals surface area contributed by atoms with Crippen molar-refractivity contribution in [2.45, 2.75) is 0 Å². The summed E-state index contributed by atoms with van der Waals surface area (Å²) >= 11 is 6.07. The van der Waals surface area contributed by atoms with Crippen molar-refractivity contribution in [3.05, 3.63) is 47.0 Å². The van der Waals surface area contributed by atoms with Crippen LogP contribution in [0.3, 0.4) is 0 Å². The van der Waals surface area contributed by atoms with E-state index in [1.807, 2.05) is 0 Å². The van der Waals surface area contributed by atoms with Crippen LogP contribution in [0.25, 0.3) is 0 Å². The fourth-order valence-electron chi connectivity index (χ4n) is 2.60. The molecule has 0 aromatic heterocycles. The van der Waals surface area contributed by atoms with E-state index < -0.39 is 0 Å². The lowest BCUT2D eigenvalue weighted by molar-refractivity contribution is 0.0970. The van der Waals surface area contributed by atoms with E-state index in [1.165, 1.54) is 14.2 Å². The molecule has 0 spiro atoms. The number of hydrogen-bond acceptors (Lipinski definition) is 4. The Hall–Kier alpha value is -2.40. The monoisotopic (exact) mass is 333 g/mol. The van der Waals surface area contributed by atoms with Crippen molar-refractivity contribution in [2.75, 3.05) is 32.3 Å². The minimum absolute atomic E-state index is 0.217. The van der Waals surface area contributed by atoms with E-state index in [0.29, 0.717) is 46.7 Å². The van der Waals surface area contributed by atoms with E-state index in [1.54, 1.807) is 41.3 Å². The van der Waals surface area contributed by atoms with Crippen LogP contribution >= 0.6 is 11.6 Å². The highest BCUT2D eigenvalue weighted by molar-refractivity contribution is 6.31. The number of rotatable bonds is 3. The smallest absolute Gasteiger partial charge is 0.266 e. The van der Waals surface area contributed by atoms with Crippen LogP contribution < -0.4 is 19.1 Å². The highest BCUT2D eigenvalue weighted by atomic mass is 35.5. The van der Waals surface area contributed by atoms with E-state index >= 15 is 0 Å². The van der Waals surface area contributed by atoms with Gasteiger partial charge >= 0.3 is 0 Å². The first-order valence-corrected chi connectivity index (χ1v) is 7.48. The van der Waals surface area contributed by atoms with Crippen LogP contribution in [0.1, 0.15) is 10.4 Å². The third-order valence-corrected chi connectivity index (χ3v) is 3.91. The second-order valence-corrected chi connectivity index (χ2v) is 5.39. The SMILES string of the molecule is COc1cccc(OC)c1C(=O)N1CCOc2ccc(Cl)cc21. The second kappa shape index (κ2) is 6.38. The molecule has 1 amide bonds. The van der Waals surface area contributed by atoms with Crippen LogP contribution in [0.2, 0.25) is 5.02 Å². The number of carbonyl (C=O) groups excluding carboxylic acids is 1. The predicted molar refractivity (Wildman–Crippen MR) is 88.2 cm³/mol. The minimum atomic E-state index is -0.217. The Morgan fingerprint density at radius 1 is 1.17 bits per heavy atom. The summed E-state index contributed by atoms with van der Waals surface area (Å²) in [5.74, 6) is 1.34. The van der Waals surface area contributed by atoms with Crippen LogP contribution in [-0.2, 0) is 0 Å². The Kier molecular flexibility index (Phi) is 4.30. The summed E-state index contributed by atoms with van der Waals surface area (Å²) in [5.41, 5.74) is 1.02. The van der Waals surface area contributed by atoms with Gasteiger partial charge in [-0.15, -0.1) is 0 Å². The van der Waals surface area contributed by atoms with Crippen LogP contribution in [0, 0.1) is 0 Å². The molecule has 1 aliphatic heterocycles. The third-order valence-electron chi connectivity index (χ3n) is 3.67. The molecule has 120 valence electrons. The molecule has 2 aromatic carbocycles. The van der Waals surface area contributed by atoms with Crippen molar-refractivity contribution in [3.63, 3.8) is 0 Å². The lowest BCUT2D eigenvalue weighted by Crippen LogP contribution is -2.38. The first-order valence-electron chi connectivity index (χ1n) is 7.11. The molecular formula is C17H16ClNO4. The highest BCUT2D eigenvalue weighted by Crippen LogP contribution is 2.37. The Morgan fingerprint density at radius 2 is 1.87 bits per heavy atom. The quantitative estimate of drug-likeness (QED) is 0.863. The molecule has 0 atom stereocenters. The molecule has 23 heavy (non-hydrogen) atoms. The summed E-state index contributed by atoms with van der Waals surface area (Å²) in [6, 6.07) is 10.5. The standard InChI is InChI=1S/C17H16ClNO4/c1-21-14-4-3-5-15(22-2)16(14)17(20)19-8-9-23-13-7-6-11(18)10-12(13)19/h3-7,10H,8-9H2,1-2H3. The Balaban J connectivity index is 2.08. The second-order valence-electron chi connectivity index (χ2n) is 4.95. The van der Waals surface area contributed by atoms with Gasteiger partial charge in [0.2, 0.25) is 0 Å². The predicted octanol–water partition coefficient (Wildman–Crippen LogP) is 3.40. The van der Waals surface area contributed by atoms with E-state index in [2.05, 4.69) is 0 Å². The average Bonchev–Trinajstić information content (AvgIpc) is 2.59. The zero-order valence-electron chi connectivity index (χ0n) is 12.8. The van der Waals surface area contributed by atoms with Crippen LogP contribution in [0.4, 0.5) is 5.69 Å². The maximum absolute atomic E-state index is 13.1. The number of hydrogen-bond donors (Lipinski definition) is 0. The zero-order valence-corrected chi connectivity index (χ0v) is 13.6. The topological polar surface area (TPSA) is 48.0 Å². The molecule has 0 radical (unpaired) electrons. The van der Waals surface area contributed by atoms with Gasteiger partial charge in [0.15, 0.2) is 0 Å². The molecule has 0 N–H and O–H groups in total. The van der Waals surface area contributed by atoms with Gasteiger partial charge in [0.25, 0.3) is 5.91 Å². The number of carbonyl (C=O) groups is 1. The van der Waals surface area contributed by atoms with Gasteiger partial charge in [0.05, 0.1) is 26.5 Å². The zero-order chi connectivity index (χ0) is 16.4. The molecule has 0 bridgehead atoms. The maximum atomic E-state index is 13.1. The van der Waals surface area contributed by atoms with Crippen molar-refractivity contribution in [1.82, 2.24) is 0 Å². The van der Waals surface area contributed by atoms with Crippen LogP contribution in [0.5, 0.6) is 17.2 Å². The molecule has 1 aliphatic rings. The fraction of sp³-hybridized carbons (Fsp3) is 0.235. The van der Waals surface area contributed by atoms with Crippen molar-refractivity contribution in [1.29, 1.82) is 0 Å². The Bertz CT molecular complexity index is 725. The number of nitrogens with zero attached hydrogens (tertiary/aromatic N) is 1. The number of amides is 1. The molecular weight excluding hydrogens is 318 g/mol. The lowest BCUT2D eigenvalue weighted by Gasteiger charge is -2.30. The van der Waals surface area contributed by atoms with Gasteiger partial charge < -0.3 is 19.1 Å². The maximum Gasteiger partial charge on any atom is 0.266 e.